The van der Waals surface area contributed by atoms with Gasteiger partial charge >= 0.3 is 0 Å². The van der Waals surface area contributed by atoms with Crippen molar-refractivity contribution in [3.63, 3.8) is 0 Å². The molecule has 0 fully saturated rings. The van der Waals surface area contributed by atoms with Crippen LogP contribution in [0.3, 0.4) is 0 Å². The van der Waals surface area contributed by atoms with E-state index >= 15 is 0 Å². The van der Waals surface area contributed by atoms with Gasteiger partial charge in [0.2, 0.25) is 0 Å². The zero-order valence-electron chi connectivity index (χ0n) is 14.5. The van der Waals surface area contributed by atoms with Crippen molar-refractivity contribution < 1.29 is 9.90 Å². The highest BCUT2D eigenvalue weighted by Gasteiger charge is 2.48. The zero-order valence-corrected chi connectivity index (χ0v) is 15.3. The van der Waals surface area contributed by atoms with Gasteiger partial charge in [-0.05, 0) is 59.5 Å². The number of carbonyl (C=O) groups excluding carboxylic acids is 1. The van der Waals surface area contributed by atoms with Gasteiger partial charge in [-0.25, -0.2) is 0 Å². The Bertz CT molecular complexity index is 1000. The molecule has 1 aromatic carbocycles. The van der Waals surface area contributed by atoms with E-state index in [0.29, 0.717) is 0 Å². The second kappa shape index (κ2) is 5.32. The standard InChI is InChI=1S/C21H20N2O2S/c1-21-15-6-7-26-19(15)20(25)23-17(21)5-4-16(24)18(21)12-3-2-11-9-14(22)10-13(11)8-12/h2-8,14,17,24H,9-10,22H2,1H3,(H,23,25). The van der Waals surface area contributed by atoms with Gasteiger partial charge < -0.3 is 16.2 Å². The number of benzene rings is 1. The van der Waals surface area contributed by atoms with Crippen LogP contribution in [0.15, 0.2) is 47.6 Å². The first-order chi connectivity index (χ1) is 12.5. The second-order valence-corrected chi connectivity index (χ2v) is 8.50. The molecule has 0 spiro atoms. The molecule has 3 unspecified atom stereocenters. The maximum absolute atomic E-state index is 12.4. The van der Waals surface area contributed by atoms with Crippen molar-refractivity contribution in [2.75, 3.05) is 0 Å². The predicted octanol–water partition coefficient (Wildman–Crippen LogP) is 3.08. The van der Waals surface area contributed by atoms with E-state index in [4.69, 9.17) is 5.73 Å². The molecule has 1 amide bonds. The molecule has 5 rings (SSSR count). The average molecular weight is 364 g/mol. The smallest absolute Gasteiger partial charge is 0.262 e. The fourth-order valence-electron chi connectivity index (χ4n) is 4.74. The van der Waals surface area contributed by atoms with Gasteiger partial charge in [0.15, 0.2) is 0 Å². The highest BCUT2D eigenvalue weighted by molar-refractivity contribution is 7.12. The van der Waals surface area contributed by atoms with Crippen LogP contribution in [0.25, 0.3) is 5.57 Å². The van der Waals surface area contributed by atoms with E-state index in [9.17, 15) is 9.90 Å². The van der Waals surface area contributed by atoms with Crippen molar-refractivity contribution in [1.82, 2.24) is 5.32 Å². The van der Waals surface area contributed by atoms with Gasteiger partial charge in [-0.2, -0.15) is 0 Å². The minimum Gasteiger partial charge on any atom is -0.508 e. The molecule has 1 aromatic heterocycles. The third-order valence-electron chi connectivity index (χ3n) is 6.02. The number of aliphatic hydroxyl groups is 1. The Balaban J connectivity index is 1.71. The van der Waals surface area contributed by atoms with Crippen LogP contribution in [0.2, 0.25) is 0 Å². The summed E-state index contributed by atoms with van der Waals surface area (Å²) in [7, 11) is 0. The van der Waals surface area contributed by atoms with E-state index < -0.39 is 5.41 Å². The summed E-state index contributed by atoms with van der Waals surface area (Å²) >= 11 is 1.45. The maximum Gasteiger partial charge on any atom is 0.262 e. The van der Waals surface area contributed by atoms with Crippen molar-refractivity contribution in [2.24, 2.45) is 5.73 Å². The first-order valence-electron chi connectivity index (χ1n) is 8.87. The summed E-state index contributed by atoms with van der Waals surface area (Å²) in [5.74, 6) is 0.224. The minimum atomic E-state index is -0.503. The minimum absolute atomic E-state index is 0.0391. The third-order valence-corrected chi connectivity index (χ3v) is 6.93. The summed E-state index contributed by atoms with van der Waals surface area (Å²) in [6.45, 7) is 2.11. The van der Waals surface area contributed by atoms with Crippen LogP contribution in [-0.4, -0.2) is 23.1 Å². The van der Waals surface area contributed by atoms with Gasteiger partial charge in [0.05, 0.1) is 10.9 Å². The summed E-state index contributed by atoms with van der Waals surface area (Å²) in [4.78, 5) is 13.2. The van der Waals surface area contributed by atoms with Crippen LogP contribution < -0.4 is 11.1 Å². The van der Waals surface area contributed by atoms with Gasteiger partial charge in [0.25, 0.3) is 5.91 Å². The van der Waals surface area contributed by atoms with Crippen molar-refractivity contribution in [3.05, 3.63) is 74.7 Å². The number of nitrogens with two attached hydrogens (primary N) is 1. The van der Waals surface area contributed by atoms with Gasteiger partial charge in [-0.15, -0.1) is 11.3 Å². The number of amides is 1. The third kappa shape index (κ3) is 2.01. The Labute approximate surface area is 156 Å². The van der Waals surface area contributed by atoms with E-state index in [1.54, 1.807) is 6.08 Å². The number of carbonyl (C=O) groups is 1. The molecule has 132 valence electrons. The molecule has 1 aliphatic heterocycles. The zero-order chi connectivity index (χ0) is 18.1. The maximum atomic E-state index is 12.4. The molecule has 3 atom stereocenters. The number of hydrogen-bond acceptors (Lipinski definition) is 4. The van der Waals surface area contributed by atoms with Gasteiger partial charge in [-0.3, -0.25) is 4.79 Å². The molecular formula is C21H20N2O2S. The largest absolute Gasteiger partial charge is 0.508 e. The van der Waals surface area contributed by atoms with E-state index in [-0.39, 0.29) is 23.8 Å². The summed E-state index contributed by atoms with van der Waals surface area (Å²) < 4.78 is 0. The Morgan fingerprint density at radius 3 is 2.92 bits per heavy atom. The van der Waals surface area contributed by atoms with Crippen molar-refractivity contribution in [3.8, 4) is 0 Å². The molecule has 2 aliphatic carbocycles. The normalized spacial score (nSPS) is 29.2. The van der Waals surface area contributed by atoms with Crippen LogP contribution >= 0.6 is 11.3 Å². The number of nitrogens with one attached hydrogen (secondary N) is 1. The number of allylic oxidation sites excluding steroid dienone is 1. The molecule has 26 heavy (non-hydrogen) atoms. The molecule has 2 aromatic rings. The molecule has 0 saturated carbocycles. The number of rotatable bonds is 1. The molecule has 4 nitrogen and oxygen atoms in total. The number of hydrogen-bond donors (Lipinski definition) is 3. The molecule has 0 bridgehead atoms. The van der Waals surface area contributed by atoms with Crippen LogP contribution in [0, 0.1) is 0 Å². The molecule has 0 radical (unpaired) electrons. The topological polar surface area (TPSA) is 75.3 Å². The lowest BCUT2D eigenvalue weighted by atomic mass is 9.64. The average Bonchev–Trinajstić information content (AvgIpc) is 3.22. The highest BCUT2D eigenvalue weighted by Crippen LogP contribution is 2.49. The van der Waals surface area contributed by atoms with E-state index in [1.807, 2.05) is 17.5 Å². The van der Waals surface area contributed by atoms with Crippen molar-refractivity contribution in [2.45, 2.75) is 37.3 Å². The van der Waals surface area contributed by atoms with Crippen LogP contribution in [0.5, 0.6) is 0 Å². The van der Waals surface area contributed by atoms with E-state index in [2.05, 4.69) is 30.4 Å². The number of fused-ring (bicyclic) bond motifs is 4. The Morgan fingerprint density at radius 2 is 2.08 bits per heavy atom. The fraction of sp³-hybridized carbons (Fsp3) is 0.286. The Kier molecular flexibility index (Phi) is 3.24. The summed E-state index contributed by atoms with van der Waals surface area (Å²) in [5, 5.41) is 15.9. The lowest BCUT2D eigenvalue weighted by Gasteiger charge is -2.44. The van der Waals surface area contributed by atoms with Gasteiger partial charge in [-0.1, -0.05) is 24.3 Å². The summed E-state index contributed by atoms with van der Waals surface area (Å²) in [5.41, 5.74) is 11.0. The highest BCUT2D eigenvalue weighted by atomic mass is 32.1. The quantitative estimate of drug-likeness (QED) is 0.728. The summed E-state index contributed by atoms with van der Waals surface area (Å²) in [6.07, 6.45) is 5.37. The van der Waals surface area contributed by atoms with Gasteiger partial charge in [0.1, 0.15) is 5.76 Å². The molecule has 2 heterocycles. The lowest BCUT2D eigenvalue weighted by molar-refractivity contribution is 0.0922. The van der Waals surface area contributed by atoms with Crippen LogP contribution in [-0.2, 0) is 18.3 Å². The molecule has 0 saturated heterocycles. The lowest BCUT2D eigenvalue weighted by Crippen LogP contribution is -2.54. The number of aliphatic hydroxyl groups excluding tert-OH is 1. The first-order valence-corrected chi connectivity index (χ1v) is 9.75. The van der Waals surface area contributed by atoms with Crippen LogP contribution in [0.1, 0.15) is 38.8 Å². The number of thiophene rings is 1. The summed E-state index contributed by atoms with van der Waals surface area (Å²) in [6, 6.07) is 8.38. The Morgan fingerprint density at radius 1 is 1.27 bits per heavy atom. The monoisotopic (exact) mass is 364 g/mol. The van der Waals surface area contributed by atoms with E-state index in [1.165, 1.54) is 22.5 Å². The molecule has 5 heteroatoms. The van der Waals surface area contributed by atoms with E-state index in [0.717, 1.165) is 34.4 Å². The predicted molar refractivity (Wildman–Crippen MR) is 103 cm³/mol. The molecule has 3 aliphatic rings. The Hall–Kier alpha value is -2.37. The van der Waals surface area contributed by atoms with Crippen molar-refractivity contribution >= 4 is 22.8 Å². The van der Waals surface area contributed by atoms with Crippen LogP contribution in [0.4, 0.5) is 0 Å². The van der Waals surface area contributed by atoms with Crippen molar-refractivity contribution in [1.29, 1.82) is 0 Å². The molecular weight excluding hydrogens is 344 g/mol. The van der Waals surface area contributed by atoms with Gasteiger partial charge in [0, 0.05) is 17.0 Å². The first kappa shape index (κ1) is 15.9. The fourth-order valence-corrected chi connectivity index (χ4v) is 5.65. The SMILES string of the molecule is CC12C(c3ccc4c(c3)CC(N)C4)=C(O)C=CC1NC(=O)c1sccc12. The second-order valence-electron chi connectivity index (χ2n) is 7.59. The molecule has 4 N–H and O–H groups in total.